The predicted octanol–water partition coefficient (Wildman–Crippen LogP) is 1.53. The molecule has 0 radical (unpaired) electrons. The van der Waals surface area contributed by atoms with Crippen molar-refractivity contribution in [1.29, 1.82) is 0 Å². The number of rotatable bonds is 4. The van der Waals surface area contributed by atoms with Crippen molar-refractivity contribution in [2.75, 3.05) is 0 Å². The summed E-state index contributed by atoms with van der Waals surface area (Å²) in [4.78, 5) is 0. The molecule has 0 spiro atoms. The van der Waals surface area contributed by atoms with Crippen LogP contribution >= 0.6 is 0 Å². The van der Waals surface area contributed by atoms with Gasteiger partial charge in [-0.2, -0.15) is 0 Å². The van der Waals surface area contributed by atoms with Gasteiger partial charge in [-0.15, -0.1) is 0 Å². The highest BCUT2D eigenvalue weighted by atomic mass is 19.1. The second-order valence-electron chi connectivity index (χ2n) is 4.42. The molecule has 0 aliphatic rings. The molecule has 0 saturated carbocycles. The van der Waals surface area contributed by atoms with E-state index in [2.05, 4.69) is 0 Å². The van der Waals surface area contributed by atoms with Gasteiger partial charge in [0.05, 0.1) is 0 Å². The molecule has 0 heterocycles. The Balaban J connectivity index is 2.18. The van der Waals surface area contributed by atoms with Crippen LogP contribution < -0.4 is 10.2 Å². The zero-order chi connectivity index (χ0) is 14.7. The van der Waals surface area contributed by atoms with Crippen LogP contribution in [-0.4, -0.2) is 17.2 Å². The van der Waals surface area contributed by atoms with Crippen LogP contribution in [0.4, 0.5) is 8.78 Å². The summed E-state index contributed by atoms with van der Waals surface area (Å²) >= 11 is 0. The molecule has 2 aromatic carbocycles. The van der Waals surface area contributed by atoms with Crippen molar-refractivity contribution in [2.24, 2.45) is 0 Å². The molecular formula is C14H13BF2O3. The van der Waals surface area contributed by atoms with Crippen LogP contribution in [0.1, 0.15) is 11.1 Å². The highest BCUT2D eigenvalue weighted by molar-refractivity contribution is 6.58. The smallest absolute Gasteiger partial charge is 0.486 e. The fraction of sp³-hybridized carbons (Fsp3) is 0.143. The van der Waals surface area contributed by atoms with Crippen LogP contribution in [0.3, 0.4) is 0 Å². The van der Waals surface area contributed by atoms with E-state index in [0.717, 1.165) is 11.6 Å². The lowest BCUT2D eigenvalue weighted by Gasteiger charge is -2.11. The second-order valence-corrected chi connectivity index (χ2v) is 4.42. The molecule has 2 aromatic rings. The molecular weight excluding hydrogens is 265 g/mol. The van der Waals surface area contributed by atoms with Crippen molar-refractivity contribution >= 4 is 12.6 Å². The Bertz CT molecular complexity index is 617. The van der Waals surface area contributed by atoms with E-state index in [4.69, 9.17) is 14.8 Å². The zero-order valence-corrected chi connectivity index (χ0v) is 10.8. The third-order valence-corrected chi connectivity index (χ3v) is 2.95. The molecule has 0 aliphatic heterocycles. The van der Waals surface area contributed by atoms with Crippen molar-refractivity contribution in [3.05, 3.63) is 59.2 Å². The number of ether oxygens (including phenoxy) is 1. The molecule has 0 fully saturated rings. The normalized spacial score (nSPS) is 10.4. The Morgan fingerprint density at radius 1 is 1.10 bits per heavy atom. The van der Waals surface area contributed by atoms with Crippen LogP contribution in [0.5, 0.6) is 5.75 Å². The fourth-order valence-electron chi connectivity index (χ4n) is 1.74. The summed E-state index contributed by atoms with van der Waals surface area (Å²) in [5.41, 5.74) is 1.54. The largest absolute Gasteiger partial charge is 0.488 e. The quantitative estimate of drug-likeness (QED) is 0.834. The SMILES string of the molecule is Cc1ccc(F)cc1COc1cc(B(O)O)ccc1F. The molecule has 104 valence electrons. The van der Waals surface area contributed by atoms with E-state index in [-0.39, 0.29) is 17.8 Å². The van der Waals surface area contributed by atoms with Crippen molar-refractivity contribution in [1.82, 2.24) is 0 Å². The van der Waals surface area contributed by atoms with Gasteiger partial charge in [-0.3, -0.25) is 0 Å². The molecule has 0 saturated heterocycles. The Hall–Kier alpha value is -1.92. The van der Waals surface area contributed by atoms with Crippen molar-refractivity contribution in [3.63, 3.8) is 0 Å². The average molecular weight is 278 g/mol. The summed E-state index contributed by atoms with van der Waals surface area (Å²) in [5, 5.41) is 18.1. The highest BCUT2D eigenvalue weighted by Crippen LogP contribution is 2.18. The van der Waals surface area contributed by atoms with Gasteiger partial charge >= 0.3 is 7.12 Å². The lowest BCUT2D eigenvalue weighted by atomic mass is 9.80. The van der Waals surface area contributed by atoms with E-state index in [1.165, 1.54) is 24.3 Å². The van der Waals surface area contributed by atoms with E-state index >= 15 is 0 Å². The molecule has 3 nitrogen and oxygen atoms in total. The third kappa shape index (κ3) is 3.34. The Morgan fingerprint density at radius 3 is 2.55 bits per heavy atom. The van der Waals surface area contributed by atoms with E-state index < -0.39 is 18.8 Å². The van der Waals surface area contributed by atoms with Gasteiger partial charge in [0.1, 0.15) is 12.4 Å². The van der Waals surface area contributed by atoms with Gasteiger partial charge in [0.25, 0.3) is 0 Å². The van der Waals surface area contributed by atoms with Crippen molar-refractivity contribution in [2.45, 2.75) is 13.5 Å². The van der Waals surface area contributed by atoms with Gasteiger partial charge in [-0.05, 0) is 47.8 Å². The number of halogens is 2. The maximum atomic E-state index is 13.6. The van der Waals surface area contributed by atoms with Gasteiger partial charge < -0.3 is 14.8 Å². The van der Waals surface area contributed by atoms with Crippen LogP contribution in [0.25, 0.3) is 0 Å². The Kier molecular flexibility index (Phi) is 4.37. The number of aryl methyl sites for hydroxylation is 1. The van der Waals surface area contributed by atoms with E-state index in [0.29, 0.717) is 5.56 Å². The van der Waals surface area contributed by atoms with Gasteiger partial charge in [0.2, 0.25) is 0 Å². The second kappa shape index (κ2) is 6.03. The number of hydrogen-bond donors (Lipinski definition) is 2. The summed E-state index contributed by atoms with van der Waals surface area (Å²) in [6.45, 7) is 1.79. The molecule has 0 unspecified atom stereocenters. The topological polar surface area (TPSA) is 49.7 Å². The molecule has 20 heavy (non-hydrogen) atoms. The summed E-state index contributed by atoms with van der Waals surface area (Å²) in [6.07, 6.45) is 0. The average Bonchev–Trinajstić information content (AvgIpc) is 2.41. The van der Waals surface area contributed by atoms with Crippen LogP contribution in [0.2, 0.25) is 0 Å². The lowest BCUT2D eigenvalue weighted by Crippen LogP contribution is -2.29. The summed E-state index contributed by atoms with van der Waals surface area (Å²) < 4.78 is 32.0. The summed E-state index contributed by atoms with van der Waals surface area (Å²) in [7, 11) is -1.70. The zero-order valence-electron chi connectivity index (χ0n) is 10.8. The first kappa shape index (κ1) is 14.5. The van der Waals surface area contributed by atoms with Crippen LogP contribution in [-0.2, 0) is 6.61 Å². The lowest BCUT2D eigenvalue weighted by molar-refractivity contribution is 0.289. The van der Waals surface area contributed by atoms with Gasteiger partial charge in [0, 0.05) is 0 Å². The first-order valence-corrected chi connectivity index (χ1v) is 6.01. The van der Waals surface area contributed by atoms with Crippen molar-refractivity contribution < 1.29 is 23.6 Å². The maximum absolute atomic E-state index is 13.6. The van der Waals surface area contributed by atoms with Crippen molar-refractivity contribution in [3.8, 4) is 5.75 Å². The van der Waals surface area contributed by atoms with Gasteiger partial charge in [-0.25, -0.2) is 8.78 Å². The minimum absolute atomic E-state index is 0.00844. The highest BCUT2D eigenvalue weighted by Gasteiger charge is 2.14. The van der Waals surface area contributed by atoms with E-state index in [9.17, 15) is 8.78 Å². The Morgan fingerprint density at radius 2 is 1.85 bits per heavy atom. The maximum Gasteiger partial charge on any atom is 0.488 e. The molecule has 2 N–H and O–H groups in total. The van der Waals surface area contributed by atoms with Crippen LogP contribution in [0, 0.1) is 18.6 Å². The first-order chi connectivity index (χ1) is 9.47. The first-order valence-electron chi connectivity index (χ1n) is 6.01. The summed E-state index contributed by atoms with van der Waals surface area (Å²) in [5.74, 6) is -1.13. The van der Waals surface area contributed by atoms with Crippen LogP contribution in [0.15, 0.2) is 36.4 Å². The minimum atomic E-state index is -1.70. The monoisotopic (exact) mass is 278 g/mol. The van der Waals surface area contributed by atoms with E-state index in [1.54, 1.807) is 13.0 Å². The fourth-order valence-corrected chi connectivity index (χ4v) is 1.74. The molecule has 0 bridgehead atoms. The molecule has 0 amide bonds. The molecule has 2 rings (SSSR count). The molecule has 0 aromatic heterocycles. The van der Waals surface area contributed by atoms with Gasteiger partial charge in [-0.1, -0.05) is 12.1 Å². The molecule has 0 atom stereocenters. The predicted molar refractivity (Wildman–Crippen MR) is 71.7 cm³/mol. The minimum Gasteiger partial charge on any atom is -0.486 e. The number of benzene rings is 2. The van der Waals surface area contributed by atoms with Gasteiger partial charge in [0.15, 0.2) is 11.6 Å². The summed E-state index contributed by atoms with van der Waals surface area (Å²) in [6, 6.07) is 7.80. The standard InChI is InChI=1S/C14H13BF2O3/c1-9-2-4-12(16)6-10(9)8-20-14-7-11(15(18)19)3-5-13(14)17/h2-7,18-19H,8H2,1H3. The van der Waals surface area contributed by atoms with E-state index in [1.807, 2.05) is 0 Å². The molecule has 6 heteroatoms. The number of hydrogen-bond acceptors (Lipinski definition) is 3. The third-order valence-electron chi connectivity index (χ3n) is 2.95. The molecule has 0 aliphatic carbocycles. The Labute approximate surface area is 115 Å².